The van der Waals surface area contributed by atoms with Crippen molar-refractivity contribution in [1.82, 2.24) is 15.0 Å². The number of azo groups is 1. The van der Waals surface area contributed by atoms with E-state index in [1.165, 1.54) is 11.2 Å². The van der Waals surface area contributed by atoms with E-state index in [1.807, 2.05) is 29.6 Å². The Morgan fingerprint density at radius 1 is 1.10 bits per heavy atom. The van der Waals surface area contributed by atoms with Gasteiger partial charge in [-0.2, -0.15) is 5.11 Å². The van der Waals surface area contributed by atoms with Gasteiger partial charge >= 0.3 is 0 Å². The third-order valence-electron chi connectivity index (χ3n) is 2.98. The molecule has 0 aliphatic heterocycles. The first-order valence-corrected chi connectivity index (χ1v) is 7.99. The molecule has 0 radical (unpaired) electrons. The van der Waals surface area contributed by atoms with E-state index in [0.717, 1.165) is 20.4 Å². The lowest BCUT2D eigenvalue weighted by molar-refractivity contribution is 0.965. The number of fused-ring (bicyclic) bond motifs is 3. The molecular formula is C14H9N5S2. The van der Waals surface area contributed by atoms with E-state index in [0.29, 0.717) is 12.4 Å². The van der Waals surface area contributed by atoms with Gasteiger partial charge in [0, 0.05) is 16.5 Å². The zero-order chi connectivity index (χ0) is 14.1. The fourth-order valence-electron chi connectivity index (χ4n) is 2.05. The summed E-state index contributed by atoms with van der Waals surface area (Å²) in [6.07, 6.45) is 3.31. The van der Waals surface area contributed by atoms with Crippen molar-refractivity contribution in [2.24, 2.45) is 10.2 Å². The van der Waals surface area contributed by atoms with Crippen LogP contribution in [0.5, 0.6) is 0 Å². The zero-order valence-electron chi connectivity index (χ0n) is 10.8. The molecule has 0 N–H and O–H groups in total. The molecule has 5 nitrogen and oxygen atoms in total. The monoisotopic (exact) mass is 311 g/mol. The van der Waals surface area contributed by atoms with Crippen LogP contribution in [0.4, 0.5) is 5.82 Å². The number of hydrogen-bond acceptors (Lipinski definition) is 7. The van der Waals surface area contributed by atoms with Crippen LogP contribution in [0.1, 0.15) is 4.88 Å². The maximum absolute atomic E-state index is 4.36. The quantitative estimate of drug-likeness (QED) is 0.520. The summed E-state index contributed by atoms with van der Waals surface area (Å²) >= 11 is 3.22. The van der Waals surface area contributed by atoms with Crippen molar-refractivity contribution in [2.45, 2.75) is 6.54 Å². The van der Waals surface area contributed by atoms with E-state index >= 15 is 0 Å². The van der Waals surface area contributed by atoms with Crippen molar-refractivity contribution in [2.75, 3.05) is 0 Å². The molecule has 0 aromatic carbocycles. The van der Waals surface area contributed by atoms with E-state index in [9.17, 15) is 0 Å². The van der Waals surface area contributed by atoms with Crippen molar-refractivity contribution >= 4 is 48.9 Å². The van der Waals surface area contributed by atoms with Crippen LogP contribution in [0.15, 0.2) is 52.4 Å². The summed E-state index contributed by atoms with van der Waals surface area (Å²) in [5, 5.41) is 11.6. The Balaban J connectivity index is 1.76. The second-order valence-electron chi connectivity index (χ2n) is 4.31. The van der Waals surface area contributed by atoms with Crippen molar-refractivity contribution < 1.29 is 0 Å². The van der Waals surface area contributed by atoms with Crippen LogP contribution in [-0.4, -0.2) is 15.0 Å². The van der Waals surface area contributed by atoms with Crippen LogP contribution in [0.2, 0.25) is 0 Å². The van der Waals surface area contributed by atoms with Crippen LogP contribution in [0, 0.1) is 0 Å². The van der Waals surface area contributed by atoms with Gasteiger partial charge in [-0.1, -0.05) is 6.07 Å². The molecule has 4 heterocycles. The number of aromatic nitrogens is 3. The highest BCUT2D eigenvalue weighted by Crippen LogP contribution is 2.35. The standard InChI is InChI=1S/C14H9N5S2/c1-4-10-11-12(21-14(10)15-5-1)13(17-8-16-11)19-18-7-9-3-2-6-20-9/h1-6,8H,7H2. The van der Waals surface area contributed by atoms with Gasteiger partial charge in [-0.15, -0.1) is 27.8 Å². The molecule has 4 aromatic rings. The van der Waals surface area contributed by atoms with E-state index in [2.05, 4.69) is 25.2 Å². The molecule has 21 heavy (non-hydrogen) atoms. The van der Waals surface area contributed by atoms with Crippen LogP contribution in [-0.2, 0) is 6.54 Å². The highest BCUT2D eigenvalue weighted by Gasteiger charge is 2.11. The summed E-state index contributed by atoms with van der Waals surface area (Å²) in [6.45, 7) is 0.576. The fraction of sp³-hybridized carbons (Fsp3) is 0.0714. The Morgan fingerprint density at radius 3 is 3.00 bits per heavy atom. The molecule has 7 heteroatoms. The van der Waals surface area contributed by atoms with Crippen molar-refractivity contribution in [1.29, 1.82) is 0 Å². The van der Waals surface area contributed by atoms with Crippen molar-refractivity contribution in [3.05, 3.63) is 47.0 Å². The molecule has 0 aliphatic carbocycles. The molecule has 0 aliphatic rings. The van der Waals surface area contributed by atoms with Gasteiger partial charge in [0.2, 0.25) is 0 Å². The maximum Gasteiger partial charge on any atom is 0.195 e. The summed E-state index contributed by atoms with van der Waals surface area (Å²) in [5.41, 5.74) is 0.892. The lowest BCUT2D eigenvalue weighted by atomic mass is 10.3. The van der Waals surface area contributed by atoms with Crippen molar-refractivity contribution in [3.63, 3.8) is 0 Å². The van der Waals surface area contributed by atoms with Crippen LogP contribution < -0.4 is 0 Å². The predicted octanol–water partition coefficient (Wildman–Crippen LogP) is 4.58. The highest BCUT2D eigenvalue weighted by molar-refractivity contribution is 7.25. The first kappa shape index (κ1) is 12.5. The Morgan fingerprint density at radius 2 is 2.10 bits per heavy atom. The fourth-order valence-corrected chi connectivity index (χ4v) is 3.69. The summed E-state index contributed by atoms with van der Waals surface area (Å²) in [6, 6.07) is 7.98. The number of rotatable bonds is 3. The number of hydrogen-bond donors (Lipinski definition) is 0. The van der Waals surface area contributed by atoms with E-state index in [4.69, 9.17) is 0 Å². The maximum atomic E-state index is 4.36. The summed E-state index contributed by atoms with van der Waals surface area (Å²) < 4.78 is 0.932. The third-order valence-corrected chi connectivity index (χ3v) is 4.94. The Bertz CT molecular complexity index is 927. The molecule has 0 atom stereocenters. The second kappa shape index (κ2) is 5.27. The average molecular weight is 311 g/mol. The molecule has 0 bridgehead atoms. The molecule has 0 spiro atoms. The van der Waals surface area contributed by atoms with Crippen LogP contribution in [0.25, 0.3) is 20.4 Å². The molecule has 0 fully saturated rings. The highest BCUT2D eigenvalue weighted by atomic mass is 32.1. The molecule has 4 rings (SSSR count). The molecule has 102 valence electrons. The van der Waals surface area contributed by atoms with Gasteiger partial charge in [0.1, 0.15) is 15.9 Å². The molecule has 4 aromatic heterocycles. The van der Waals surface area contributed by atoms with E-state index in [-0.39, 0.29) is 0 Å². The average Bonchev–Trinajstić information content (AvgIpc) is 3.15. The predicted molar refractivity (Wildman–Crippen MR) is 85.3 cm³/mol. The summed E-state index contributed by atoms with van der Waals surface area (Å²) in [5.74, 6) is 0.611. The van der Waals surface area contributed by atoms with E-state index in [1.54, 1.807) is 28.9 Å². The molecule has 0 unspecified atom stereocenters. The lowest BCUT2D eigenvalue weighted by Crippen LogP contribution is -1.79. The number of thiophene rings is 2. The van der Waals surface area contributed by atoms with Gasteiger partial charge in [0.15, 0.2) is 5.82 Å². The van der Waals surface area contributed by atoms with Gasteiger partial charge < -0.3 is 0 Å². The SMILES string of the molecule is c1csc(CN=Nc2ncnc3c2sc2ncccc23)c1. The molecule has 0 saturated carbocycles. The first-order chi connectivity index (χ1) is 10.4. The molecular weight excluding hydrogens is 302 g/mol. The zero-order valence-corrected chi connectivity index (χ0v) is 12.4. The minimum Gasteiger partial charge on any atom is -0.245 e. The topological polar surface area (TPSA) is 63.4 Å². The third kappa shape index (κ3) is 2.30. The second-order valence-corrected chi connectivity index (χ2v) is 6.34. The van der Waals surface area contributed by atoms with Crippen LogP contribution in [0.3, 0.4) is 0 Å². The smallest absolute Gasteiger partial charge is 0.195 e. The lowest BCUT2D eigenvalue weighted by Gasteiger charge is -1.93. The van der Waals surface area contributed by atoms with Gasteiger partial charge in [-0.25, -0.2) is 15.0 Å². The summed E-state index contributed by atoms with van der Waals surface area (Å²) in [4.78, 5) is 15.1. The normalized spacial score (nSPS) is 11.8. The first-order valence-electron chi connectivity index (χ1n) is 6.30. The molecule has 0 saturated heterocycles. The van der Waals surface area contributed by atoms with Gasteiger partial charge in [0.05, 0.1) is 12.1 Å². The van der Waals surface area contributed by atoms with Gasteiger partial charge in [-0.3, -0.25) is 0 Å². The minimum absolute atomic E-state index is 0.576. The van der Waals surface area contributed by atoms with E-state index < -0.39 is 0 Å². The Kier molecular flexibility index (Phi) is 3.13. The Labute approximate surface area is 128 Å². The number of pyridine rings is 1. The van der Waals surface area contributed by atoms with Crippen molar-refractivity contribution in [3.8, 4) is 0 Å². The number of nitrogens with zero attached hydrogens (tertiary/aromatic N) is 5. The molecule has 0 amide bonds. The van der Waals surface area contributed by atoms with Gasteiger partial charge in [0.25, 0.3) is 0 Å². The Hall–Kier alpha value is -2.25. The summed E-state index contributed by atoms with van der Waals surface area (Å²) in [7, 11) is 0. The van der Waals surface area contributed by atoms with Crippen LogP contribution >= 0.6 is 22.7 Å². The van der Waals surface area contributed by atoms with Gasteiger partial charge in [-0.05, 0) is 23.6 Å². The minimum atomic E-state index is 0.576. The largest absolute Gasteiger partial charge is 0.245 e.